The number of carbonyl (C=O) groups excluding carboxylic acids is 1. The molecule has 112 valence electrons. The van der Waals surface area contributed by atoms with E-state index in [0.717, 1.165) is 38.5 Å². The van der Waals surface area contributed by atoms with Gasteiger partial charge in [0, 0.05) is 5.92 Å². The van der Waals surface area contributed by atoms with E-state index in [1.807, 2.05) is 0 Å². The molecular formula is C13H18Cl2FN3O. The van der Waals surface area contributed by atoms with Crippen LogP contribution in [0.5, 0.6) is 0 Å². The highest BCUT2D eigenvalue weighted by Gasteiger charge is 2.57. The fourth-order valence-corrected chi connectivity index (χ4v) is 2.86. The third-order valence-corrected chi connectivity index (χ3v) is 4.08. The second-order valence-electron chi connectivity index (χ2n) is 5.22. The molecule has 3 rings (SSSR count). The number of rotatable bonds is 2. The van der Waals surface area contributed by atoms with Gasteiger partial charge in [-0.05, 0) is 49.9 Å². The van der Waals surface area contributed by atoms with Crippen molar-refractivity contribution in [3.8, 4) is 0 Å². The standard InChI is InChI=1S/C13H16FN3O.2ClH/c14-9-1-2-11(16-8-9)17-12(18)10-7-13(10)3-5-15-6-4-13;;/h1-2,8,10,15H,3-7H2,(H,16,17,18);2*1H. The first-order chi connectivity index (χ1) is 8.70. The Bertz CT molecular complexity index is 463. The Morgan fingerprint density at radius 1 is 1.35 bits per heavy atom. The molecule has 2 aliphatic rings. The maximum absolute atomic E-state index is 12.7. The number of carbonyl (C=O) groups is 1. The second kappa shape index (κ2) is 6.70. The van der Waals surface area contributed by atoms with E-state index < -0.39 is 5.82 Å². The molecular weight excluding hydrogens is 304 g/mol. The van der Waals surface area contributed by atoms with Crippen molar-refractivity contribution < 1.29 is 9.18 Å². The van der Waals surface area contributed by atoms with Crippen molar-refractivity contribution in [2.24, 2.45) is 11.3 Å². The number of piperidine rings is 1. The fraction of sp³-hybridized carbons (Fsp3) is 0.538. The minimum atomic E-state index is -0.394. The molecule has 1 unspecified atom stereocenters. The molecule has 1 saturated heterocycles. The molecule has 7 heteroatoms. The van der Waals surface area contributed by atoms with E-state index in [-0.39, 0.29) is 42.1 Å². The van der Waals surface area contributed by atoms with Crippen molar-refractivity contribution in [1.29, 1.82) is 0 Å². The third kappa shape index (κ3) is 3.40. The quantitative estimate of drug-likeness (QED) is 0.879. The Kier molecular flexibility index (Phi) is 5.74. The smallest absolute Gasteiger partial charge is 0.229 e. The van der Waals surface area contributed by atoms with E-state index in [9.17, 15) is 9.18 Å². The Balaban J connectivity index is 0.000001000. The molecule has 1 aliphatic heterocycles. The summed E-state index contributed by atoms with van der Waals surface area (Å²) >= 11 is 0. The summed E-state index contributed by atoms with van der Waals surface area (Å²) in [6.07, 6.45) is 4.23. The summed E-state index contributed by atoms with van der Waals surface area (Å²) < 4.78 is 12.7. The third-order valence-electron chi connectivity index (χ3n) is 4.08. The Morgan fingerprint density at radius 3 is 2.65 bits per heavy atom. The largest absolute Gasteiger partial charge is 0.317 e. The van der Waals surface area contributed by atoms with E-state index >= 15 is 0 Å². The number of amides is 1. The average molecular weight is 322 g/mol. The van der Waals surface area contributed by atoms with Crippen molar-refractivity contribution in [1.82, 2.24) is 10.3 Å². The lowest BCUT2D eigenvalue weighted by atomic mass is 9.92. The second-order valence-corrected chi connectivity index (χ2v) is 5.22. The highest BCUT2D eigenvalue weighted by molar-refractivity contribution is 5.94. The van der Waals surface area contributed by atoms with E-state index in [1.54, 1.807) is 0 Å². The van der Waals surface area contributed by atoms with Crippen molar-refractivity contribution in [2.45, 2.75) is 19.3 Å². The molecule has 1 aromatic rings. The topological polar surface area (TPSA) is 54.0 Å². The molecule has 0 aromatic carbocycles. The molecule has 1 saturated carbocycles. The predicted molar refractivity (Wildman–Crippen MR) is 80.0 cm³/mol. The molecule has 0 radical (unpaired) electrons. The van der Waals surface area contributed by atoms with Crippen LogP contribution in [0, 0.1) is 17.2 Å². The van der Waals surface area contributed by atoms with Gasteiger partial charge in [0.15, 0.2) is 0 Å². The van der Waals surface area contributed by atoms with Gasteiger partial charge in [-0.2, -0.15) is 0 Å². The summed E-state index contributed by atoms with van der Waals surface area (Å²) in [6, 6.07) is 2.79. The lowest BCUT2D eigenvalue weighted by Gasteiger charge is -2.23. The first-order valence-electron chi connectivity index (χ1n) is 6.33. The summed E-state index contributed by atoms with van der Waals surface area (Å²) in [5.74, 6) is 0.161. The summed E-state index contributed by atoms with van der Waals surface area (Å²) in [7, 11) is 0. The van der Waals surface area contributed by atoms with E-state index in [2.05, 4.69) is 15.6 Å². The van der Waals surface area contributed by atoms with Gasteiger partial charge in [-0.1, -0.05) is 0 Å². The highest BCUT2D eigenvalue weighted by Crippen LogP contribution is 2.58. The Hall–Kier alpha value is -0.910. The number of nitrogens with one attached hydrogen (secondary N) is 2. The molecule has 2 heterocycles. The molecule has 20 heavy (non-hydrogen) atoms. The fourth-order valence-electron chi connectivity index (χ4n) is 2.86. The van der Waals surface area contributed by atoms with Crippen LogP contribution in [0.15, 0.2) is 18.3 Å². The molecule has 1 aliphatic carbocycles. The Morgan fingerprint density at radius 2 is 2.05 bits per heavy atom. The van der Waals surface area contributed by atoms with E-state index in [4.69, 9.17) is 0 Å². The lowest BCUT2D eigenvalue weighted by Crippen LogP contribution is -2.31. The van der Waals surface area contributed by atoms with Crippen LogP contribution in [0.1, 0.15) is 19.3 Å². The number of nitrogens with zero attached hydrogens (tertiary/aromatic N) is 1. The number of anilines is 1. The number of hydrogen-bond donors (Lipinski definition) is 2. The molecule has 2 N–H and O–H groups in total. The van der Waals surface area contributed by atoms with Gasteiger partial charge in [-0.15, -0.1) is 24.8 Å². The summed E-state index contributed by atoms with van der Waals surface area (Å²) in [6.45, 7) is 2.00. The molecule has 1 atom stereocenters. The van der Waals surface area contributed by atoms with Crippen LogP contribution in [0.4, 0.5) is 10.2 Å². The van der Waals surface area contributed by atoms with Crippen LogP contribution in [-0.2, 0) is 4.79 Å². The zero-order chi connectivity index (χ0) is 12.6. The van der Waals surface area contributed by atoms with Crippen LogP contribution in [0.3, 0.4) is 0 Å². The van der Waals surface area contributed by atoms with Crippen LogP contribution >= 0.6 is 24.8 Å². The minimum Gasteiger partial charge on any atom is -0.317 e. The van der Waals surface area contributed by atoms with Gasteiger partial charge in [-0.3, -0.25) is 4.79 Å². The molecule has 1 amide bonds. The van der Waals surface area contributed by atoms with Crippen molar-refractivity contribution in [3.63, 3.8) is 0 Å². The molecule has 2 fully saturated rings. The molecule has 1 aromatic heterocycles. The van der Waals surface area contributed by atoms with Crippen LogP contribution in [-0.4, -0.2) is 24.0 Å². The van der Waals surface area contributed by atoms with Gasteiger partial charge in [0.1, 0.15) is 11.6 Å². The monoisotopic (exact) mass is 321 g/mol. The predicted octanol–water partition coefficient (Wildman–Crippen LogP) is 2.39. The zero-order valence-electron chi connectivity index (χ0n) is 10.9. The number of halogens is 3. The van der Waals surface area contributed by atoms with Crippen molar-refractivity contribution in [3.05, 3.63) is 24.1 Å². The van der Waals surface area contributed by atoms with Crippen molar-refractivity contribution in [2.75, 3.05) is 18.4 Å². The van der Waals surface area contributed by atoms with Crippen molar-refractivity contribution >= 4 is 36.5 Å². The van der Waals surface area contributed by atoms with Gasteiger partial charge in [-0.25, -0.2) is 9.37 Å². The highest BCUT2D eigenvalue weighted by atomic mass is 35.5. The molecule has 4 nitrogen and oxygen atoms in total. The maximum Gasteiger partial charge on any atom is 0.229 e. The van der Waals surface area contributed by atoms with Crippen LogP contribution in [0.2, 0.25) is 0 Å². The number of aromatic nitrogens is 1. The molecule has 0 bridgehead atoms. The number of hydrogen-bond acceptors (Lipinski definition) is 3. The van der Waals surface area contributed by atoms with Crippen LogP contribution < -0.4 is 10.6 Å². The van der Waals surface area contributed by atoms with Crippen LogP contribution in [0.25, 0.3) is 0 Å². The summed E-state index contributed by atoms with van der Waals surface area (Å²) in [5.41, 5.74) is 0.218. The first kappa shape index (κ1) is 17.1. The SMILES string of the molecule is Cl.Cl.O=C(Nc1ccc(F)cn1)C1CC12CCNCC2. The Labute approximate surface area is 129 Å². The average Bonchev–Trinajstić information content (AvgIpc) is 3.07. The summed E-state index contributed by atoms with van der Waals surface area (Å²) in [5, 5.41) is 6.08. The van der Waals surface area contributed by atoms with Gasteiger partial charge < -0.3 is 10.6 Å². The minimum absolute atomic E-state index is 0. The van der Waals surface area contributed by atoms with Gasteiger partial charge in [0.2, 0.25) is 5.91 Å². The van der Waals surface area contributed by atoms with E-state index in [1.165, 1.54) is 12.1 Å². The normalized spacial score (nSPS) is 22.4. The van der Waals surface area contributed by atoms with Gasteiger partial charge >= 0.3 is 0 Å². The number of pyridine rings is 1. The first-order valence-corrected chi connectivity index (χ1v) is 6.33. The van der Waals surface area contributed by atoms with Gasteiger partial charge in [0.25, 0.3) is 0 Å². The summed E-state index contributed by atoms with van der Waals surface area (Å²) in [4.78, 5) is 15.9. The molecule has 1 spiro atoms. The lowest BCUT2D eigenvalue weighted by molar-refractivity contribution is -0.118. The zero-order valence-corrected chi connectivity index (χ0v) is 12.5. The van der Waals surface area contributed by atoms with E-state index in [0.29, 0.717) is 5.82 Å². The van der Waals surface area contributed by atoms with Gasteiger partial charge in [0.05, 0.1) is 6.20 Å². The maximum atomic E-state index is 12.7.